The van der Waals surface area contributed by atoms with E-state index >= 15 is 0 Å². The predicted molar refractivity (Wildman–Crippen MR) is 91.0 cm³/mol. The summed E-state index contributed by atoms with van der Waals surface area (Å²) in [5, 5.41) is 4.30. The topological polar surface area (TPSA) is 78.1 Å². The van der Waals surface area contributed by atoms with Gasteiger partial charge in [-0.05, 0) is 56.1 Å². The number of rotatable bonds is 3. The minimum Gasteiger partial charge on any atom is -0.464 e. The van der Waals surface area contributed by atoms with Crippen LogP contribution in [0.4, 0.5) is 0 Å². The third-order valence-corrected chi connectivity index (χ3v) is 6.11. The zero-order valence-corrected chi connectivity index (χ0v) is 14.7. The van der Waals surface area contributed by atoms with Crippen molar-refractivity contribution in [3.05, 3.63) is 29.7 Å². The number of hydrogen-bond donors (Lipinski definition) is 0. The summed E-state index contributed by atoms with van der Waals surface area (Å²) in [7, 11) is 1.34. The highest BCUT2D eigenvalue weighted by Crippen LogP contribution is 2.54. The Morgan fingerprint density at radius 1 is 1.12 bits per heavy atom. The van der Waals surface area contributed by atoms with Gasteiger partial charge in [-0.15, -0.1) is 0 Å². The molecule has 0 N–H and O–H groups in total. The molecule has 2 aromatic rings. The number of hydrogen-bond acceptors (Lipinski definition) is 6. The van der Waals surface area contributed by atoms with Crippen molar-refractivity contribution < 1.29 is 14.1 Å². The molecule has 3 fully saturated rings. The van der Waals surface area contributed by atoms with Crippen molar-refractivity contribution in [2.45, 2.75) is 57.3 Å². The molecule has 0 saturated heterocycles. The smallest absolute Gasteiger partial charge is 0.356 e. The molecule has 2 heterocycles. The van der Waals surface area contributed by atoms with Crippen LogP contribution in [0.25, 0.3) is 11.6 Å². The highest BCUT2D eigenvalue weighted by atomic mass is 16.5. The number of ether oxygens (including phenoxy) is 1. The van der Waals surface area contributed by atoms with E-state index in [0.717, 1.165) is 25.1 Å². The molecule has 3 aliphatic carbocycles. The van der Waals surface area contributed by atoms with Crippen LogP contribution < -0.4 is 0 Å². The fraction of sp³-hybridized carbons (Fsp3) is 0.579. The Balaban J connectivity index is 1.64. The number of carbonyl (C=O) groups is 1. The molecule has 0 aliphatic heterocycles. The van der Waals surface area contributed by atoms with Gasteiger partial charge in [0, 0.05) is 5.41 Å². The van der Waals surface area contributed by atoms with Crippen LogP contribution in [0, 0.1) is 5.41 Å². The summed E-state index contributed by atoms with van der Waals surface area (Å²) in [4.78, 5) is 20.6. The number of esters is 1. The molecule has 25 heavy (non-hydrogen) atoms. The zero-order valence-electron chi connectivity index (χ0n) is 14.7. The van der Waals surface area contributed by atoms with Gasteiger partial charge in [-0.3, -0.25) is 0 Å². The van der Waals surface area contributed by atoms with Crippen LogP contribution in [-0.2, 0) is 10.2 Å². The summed E-state index contributed by atoms with van der Waals surface area (Å²) in [5.41, 5.74) is 1.27. The maximum atomic E-state index is 11.7. The van der Waals surface area contributed by atoms with E-state index in [1.807, 2.05) is 0 Å². The summed E-state index contributed by atoms with van der Waals surface area (Å²) >= 11 is 0. The molecule has 2 bridgehead atoms. The third-order valence-electron chi connectivity index (χ3n) is 6.11. The first kappa shape index (κ1) is 16.2. The Morgan fingerprint density at radius 3 is 2.68 bits per heavy atom. The lowest BCUT2D eigenvalue weighted by Gasteiger charge is -2.39. The molecular formula is C19H23N3O3. The normalized spacial score (nSPS) is 28.6. The number of methoxy groups -OCH3 is 1. The largest absolute Gasteiger partial charge is 0.464 e. The number of pyridine rings is 1. The lowest BCUT2D eigenvalue weighted by Crippen LogP contribution is -2.33. The number of aromatic nitrogens is 3. The van der Waals surface area contributed by atoms with Crippen LogP contribution in [0.3, 0.4) is 0 Å². The van der Waals surface area contributed by atoms with Crippen molar-refractivity contribution in [2.75, 3.05) is 7.11 Å². The van der Waals surface area contributed by atoms with Gasteiger partial charge in [0.2, 0.25) is 0 Å². The highest BCUT2D eigenvalue weighted by molar-refractivity contribution is 5.87. The second-order valence-electron chi connectivity index (χ2n) is 7.77. The number of nitrogens with zero attached hydrogens (tertiary/aromatic N) is 3. The Kier molecular flexibility index (Phi) is 3.85. The standard InChI is InChI=1S/C19H23N3O3/c1-18-7-4-8-19(11-9-18,12-10-18)17-21-15(25-22-17)13-5-3-6-14(20-13)16(23)24-2/h3,5-6H,4,7-12H2,1-2H3. The number of carbonyl (C=O) groups excluding carboxylic acids is 1. The summed E-state index contributed by atoms with van der Waals surface area (Å²) < 4.78 is 10.2. The predicted octanol–water partition coefficient (Wildman–Crippen LogP) is 3.92. The Labute approximate surface area is 147 Å². The maximum Gasteiger partial charge on any atom is 0.356 e. The average molecular weight is 341 g/mol. The van der Waals surface area contributed by atoms with Gasteiger partial charge in [-0.1, -0.05) is 24.6 Å². The molecule has 6 nitrogen and oxygen atoms in total. The van der Waals surface area contributed by atoms with Crippen LogP contribution in [0.2, 0.25) is 0 Å². The van der Waals surface area contributed by atoms with Gasteiger partial charge in [-0.2, -0.15) is 4.98 Å². The molecule has 0 amide bonds. The Morgan fingerprint density at radius 2 is 1.92 bits per heavy atom. The van der Waals surface area contributed by atoms with Crippen LogP contribution in [0.15, 0.2) is 22.7 Å². The van der Waals surface area contributed by atoms with E-state index in [2.05, 4.69) is 22.0 Å². The fourth-order valence-corrected chi connectivity index (χ4v) is 4.34. The van der Waals surface area contributed by atoms with Crippen LogP contribution >= 0.6 is 0 Å². The molecule has 0 spiro atoms. The van der Waals surface area contributed by atoms with Gasteiger partial charge in [0.25, 0.3) is 5.89 Å². The average Bonchev–Trinajstić information content (AvgIpc) is 3.01. The van der Waals surface area contributed by atoms with E-state index in [9.17, 15) is 4.79 Å². The lowest BCUT2D eigenvalue weighted by molar-refractivity contribution is 0.0594. The molecule has 2 aromatic heterocycles. The third kappa shape index (κ3) is 2.83. The van der Waals surface area contributed by atoms with E-state index in [4.69, 9.17) is 9.26 Å². The van der Waals surface area contributed by atoms with Crippen molar-refractivity contribution in [3.8, 4) is 11.6 Å². The fourth-order valence-electron chi connectivity index (χ4n) is 4.34. The molecule has 0 unspecified atom stereocenters. The second kappa shape index (κ2) is 5.93. The minimum atomic E-state index is -0.476. The van der Waals surface area contributed by atoms with Gasteiger partial charge in [0.05, 0.1) is 7.11 Å². The van der Waals surface area contributed by atoms with Gasteiger partial charge in [-0.25, -0.2) is 9.78 Å². The Bertz CT molecular complexity index is 791. The molecule has 132 valence electrons. The lowest BCUT2D eigenvalue weighted by atomic mass is 9.66. The first-order valence-electron chi connectivity index (χ1n) is 8.94. The van der Waals surface area contributed by atoms with Crippen molar-refractivity contribution in [1.29, 1.82) is 0 Å². The summed E-state index contributed by atoms with van der Waals surface area (Å²) in [6.07, 6.45) is 8.34. The van der Waals surface area contributed by atoms with Crippen LogP contribution in [0.1, 0.15) is 68.2 Å². The van der Waals surface area contributed by atoms with Gasteiger partial charge < -0.3 is 9.26 Å². The van der Waals surface area contributed by atoms with Gasteiger partial charge in [0.15, 0.2) is 5.82 Å². The molecule has 0 aromatic carbocycles. The first-order valence-corrected chi connectivity index (χ1v) is 8.94. The first-order chi connectivity index (χ1) is 12.0. The quantitative estimate of drug-likeness (QED) is 0.787. The number of fused-ring (bicyclic) bond motifs is 4. The maximum absolute atomic E-state index is 11.7. The zero-order chi connectivity index (χ0) is 17.5. The second-order valence-corrected chi connectivity index (χ2v) is 7.77. The van der Waals surface area contributed by atoms with Crippen LogP contribution in [-0.4, -0.2) is 28.2 Å². The molecule has 0 atom stereocenters. The van der Waals surface area contributed by atoms with E-state index in [-0.39, 0.29) is 11.1 Å². The SMILES string of the molecule is COC(=O)c1cccc(-c2nc(C34CCCC(C)(CC3)CC4)no2)n1. The van der Waals surface area contributed by atoms with E-state index in [1.165, 1.54) is 32.8 Å². The van der Waals surface area contributed by atoms with Crippen molar-refractivity contribution >= 4 is 5.97 Å². The van der Waals surface area contributed by atoms with E-state index in [1.54, 1.807) is 18.2 Å². The molecule has 3 aliphatic rings. The molecule has 5 rings (SSSR count). The molecular weight excluding hydrogens is 318 g/mol. The van der Waals surface area contributed by atoms with E-state index in [0.29, 0.717) is 17.0 Å². The van der Waals surface area contributed by atoms with Crippen molar-refractivity contribution in [1.82, 2.24) is 15.1 Å². The summed E-state index contributed by atoms with van der Waals surface area (Å²) in [5.74, 6) is 0.694. The minimum absolute atomic E-state index is 0.0394. The van der Waals surface area contributed by atoms with E-state index < -0.39 is 5.97 Å². The van der Waals surface area contributed by atoms with Gasteiger partial charge >= 0.3 is 5.97 Å². The van der Waals surface area contributed by atoms with Crippen molar-refractivity contribution in [2.24, 2.45) is 5.41 Å². The monoisotopic (exact) mass is 341 g/mol. The molecule has 3 saturated carbocycles. The molecule has 6 heteroatoms. The van der Waals surface area contributed by atoms with Gasteiger partial charge in [0.1, 0.15) is 11.4 Å². The Hall–Kier alpha value is -2.24. The summed E-state index contributed by atoms with van der Waals surface area (Å²) in [6, 6.07) is 5.12. The summed E-state index contributed by atoms with van der Waals surface area (Å²) in [6.45, 7) is 2.41. The van der Waals surface area contributed by atoms with Crippen LogP contribution in [0.5, 0.6) is 0 Å². The van der Waals surface area contributed by atoms with Crippen molar-refractivity contribution in [3.63, 3.8) is 0 Å². The molecule has 0 radical (unpaired) electrons. The highest BCUT2D eigenvalue weighted by Gasteiger charge is 2.46.